The van der Waals surface area contributed by atoms with E-state index < -0.39 is 5.97 Å². The molecule has 0 radical (unpaired) electrons. The van der Waals surface area contributed by atoms with E-state index in [0.29, 0.717) is 11.9 Å². The zero-order valence-electron chi connectivity index (χ0n) is 10.6. The summed E-state index contributed by atoms with van der Waals surface area (Å²) in [5.41, 5.74) is 0.480. The van der Waals surface area contributed by atoms with Crippen LogP contribution in [0.4, 0.5) is 5.82 Å². The van der Waals surface area contributed by atoms with Gasteiger partial charge in [0.15, 0.2) is 5.69 Å². The largest absolute Gasteiger partial charge is 0.477 e. The molecule has 1 aliphatic rings. The van der Waals surface area contributed by atoms with Crippen LogP contribution >= 0.6 is 0 Å². The van der Waals surface area contributed by atoms with Crippen molar-refractivity contribution < 1.29 is 9.90 Å². The molecule has 0 atom stereocenters. The van der Waals surface area contributed by atoms with Gasteiger partial charge in [0.25, 0.3) is 0 Å². The second-order valence-electron chi connectivity index (χ2n) is 5.73. The van der Waals surface area contributed by atoms with Crippen LogP contribution in [-0.2, 0) is 0 Å². The van der Waals surface area contributed by atoms with Crippen molar-refractivity contribution in [3.8, 4) is 0 Å². The van der Waals surface area contributed by atoms with Crippen LogP contribution in [0, 0.1) is 10.8 Å². The average molecular weight is 234 g/mol. The fourth-order valence-electron chi connectivity index (χ4n) is 2.34. The zero-order chi connectivity index (χ0) is 12.8. The van der Waals surface area contributed by atoms with E-state index in [-0.39, 0.29) is 16.5 Å². The van der Waals surface area contributed by atoms with E-state index in [0.717, 1.165) is 0 Å². The molecule has 0 amide bonds. The van der Waals surface area contributed by atoms with E-state index in [1.807, 2.05) is 0 Å². The van der Waals surface area contributed by atoms with E-state index in [2.05, 4.69) is 38.0 Å². The van der Waals surface area contributed by atoms with E-state index in [1.165, 1.54) is 6.07 Å². The first-order chi connectivity index (χ1) is 7.76. The first kappa shape index (κ1) is 11.9. The Balaban J connectivity index is 2.16. The summed E-state index contributed by atoms with van der Waals surface area (Å²) in [4.78, 5) is 14.9. The summed E-state index contributed by atoms with van der Waals surface area (Å²) in [6, 6.07) is 5.33. The highest BCUT2D eigenvalue weighted by atomic mass is 16.4. The van der Waals surface area contributed by atoms with Crippen molar-refractivity contribution in [3.05, 3.63) is 23.9 Å². The third-order valence-electron chi connectivity index (χ3n) is 4.28. The number of anilines is 1. The first-order valence-corrected chi connectivity index (χ1v) is 5.73. The number of hydrogen-bond acceptors (Lipinski definition) is 3. The smallest absolute Gasteiger partial charge is 0.354 e. The SMILES string of the molecule is CC1(C)C(Nc2cccc(C(=O)O)n2)C1(C)C. The number of carbonyl (C=O) groups is 1. The number of aromatic nitrogens is 1. The van der Waals surface area contributed by atoms with Gasteiger partial charge in [-0.15, -0.1) is 0 Å². The van der Waals surface area contributed by atoms with Gasteiger partial charge in [-0.25, -0.2) is 9.78 Å². The van der Waals surface area contributed by atoms with Crippen LogP contribution in [0.3, 0.4) is 0 Å². The van der Waals surface area contributed by atoms with E-state index in [1.54, 1.807) is 12.1 Å². The van der Waals surface area contributed by atoms with E-state index >= 15 is 0 Å². The highest BCUT2D eigenvalue weighted by molar-refractivity contribution is 5.85. The molecule has 0 spiro atoms. The Hall–Kier alpha value is -1.58. The van der Waals surface area contributed by atoms with Crippen LogP contribution in [0.15, 0.2) is 18.2 Å². The molecular weight excluding hydrogens is 216 g/mol. The van der Waals surface area contributed by atoms with Crippen molar-refractivity contribution in [3.63, 3.8) is 0 Å². The molecule has 0 unspecified atom stereocenters. The number of nitrogens with zero attached hydrogens (tertiary/aromatic N) is 1. The monoisotopic (exact) mass is 234 g/mol. The Morgan fingerprint density at radius 3 is 2.35 bits per heavy atom. The Kier molecular flexibility index (Phi) is 2.42. The summed E-state index contributed by atoms with van der Waals surface area (Å²) >= 11 is 0. The van der Waals surface area contributed by atoms with Crippen LogP contribution < -0.4 is 5.32 Å². The molecule has 2 N–H and O–H groups in total. The zero-order valence-corrected chi connectivity index (χ0v) is 10.6. The van der Waals surface area contributed by atoms with Crippen molar-refractivity contribution >= 4 is 11.8 Å². The van der Waals surface area contributed by atoms with E-state index in [9.17, 15) is 4.79 Å². The third-order valence-corrected chi connectivity index (χ3v) is 4.28. The number of pyridine rings is 1. The summed E-state index contributed by atoms with van der Waals surface area (Å²) in [6.45, 7) is 8.80. The van der Waals surface area contributed by atoms with Gasteiger partial charge in [0.1, 0.15) is 5.82 Å². The van der Waals surface area contributed by atoms with Crippen molar-refractivity contribution in [1.29, 1.82) is 0 Å². The maximum Gasteiger partial charge on any atom is 0.354 e. The molecule has 1 aliphatic carbocycles. The Bertz CT molecular complexity index is 452. The average Bonchev–Trinajstić information content (AvgIpc) is 2.61. The quantitative estimate of drug-likeness (QED) is 0.844. The lowest BCUT2D eigenvalue weighted by atomic mass is 10.0. The van der Waals surface area contributed by atoms with Crippen molar-refractivity contribution in [1.82, 2.24) is 4.98 Å². The maximum absolute atomic E-state index is 10.8. The van der Waals surface area contributed by atoms with E-state index in [4.69, 9.17) is 5.11 Å². The van der Waals surface area contributed by atoms with Gasteiger partial charge < -0.3 is 10.4 Å². The lowest BCUT2D eigenvalue weighted by Gasteiger charge is -2.07. The minimum absolute atomic E-state index is 0.0752. The number of carboxylic acids is 1. The number of aromatic carboxylic acids is 1. The summed E-state index contributed by atoms with van der Waals surface area (Å²) in [5, 5.41) is 12.2. The topological polar surface area (TPSA) is 62.2 Å². The lowest BCUT2D eigenvalue weighted by Crippen LogP contribution is -2.12. The van der Waals surface area contributed by atoms with Crippen LogP contribution in [0.25, 0.3) is 0 Å². The molecule has 4 heteroatoms. The molecule has 1 saturated carbocycles. The fraction of sp³-hybridized carbons (Fsp3) is 0.538. The van der Waals surface area contributed by atoms with Gasteiger partial charge in [-0.1, -0.05) is 33.8 Å². The molecule has 1 aromatic rings. The van der Waals surface area contributed by atoms with Crippen LogP contribution in [0.5, 0.6) is 0 Å². The number of rotatable bonds is 3. The second kappa shape index (κ2) is 3.45. The standard InChI is InChI=1S/C13H18N2O2/c1-12(2)11(13(12,3)4)15-9-7-5-6-8(14-9)10(16)17/h5-7,11H,1-4H3,(H,14,15)(H,16,17). The molecule has 4 nitrogen and oxygen atoms in total. The fourth-order valence-corrected chi connectivity index (χ4v) is 2.34. The molecule has 0 aliphatic heterocycles. The summed E-state index contributed by atoms with van der Waals surface area (Å²) < 4.78 is 0. The maximum atomic E-state index is 10.8. The van der Waals surface area contributed by atoms with Gasteiger partial charge in [-0.2, -0.15) is 0 Å². The highest BCUT2D eigenvalue weighted by Crippen LogP contribution is 2.63. The molecule has 1 aromatic heterocycles. The van der Waals surface area contributed by atoms with Crippen LogP contribution in [0.2, 0.25) is 0 Å². The molecule has 1 heterocycles. The Morgan fingerprint density at radius 2 is 1.88 bits per heavy atom. The predicted molar refractivity (Wildman–Crippen MR) is 66.2 cm³/mol. The Morgan fingerprint density at radius 1 is 1.29 bits per heavy atom. The second-order valence-corrected chi connectivity index (χ2v) is 5.73. The van der Waals surface area contributed by atoms with Crippen molar-refractivity contribution in [2.24, 2.45) is 10.8 Å². The van der Waals surface area contributed by atoms with Gasteiger partial charge in [0, 0.05) is 6.04 Å². The van der Waals surface area contributed by atoms with Crippen molar-refractivity contribution in [2.75, 3.05) is 5.32 Å². The van der Waals surface area contributed by atoms with Gasteiger partial charge >= 0.3 is 5.97 Å². The lowest BCUT2D eigenvalue weighted by molar-refractivity contribution is 0.0690. The minimum Gasteiger partial charge on any atom is -0.477 e. The number of carboxylic acid groups (broad SMARTS) is 1. The molecule has 92 valence electrons. The molecule has 1 fully saturated rings. The molecular formula is C13H18N2O2. The Labute approximate surface area is 101 Å². The normalized spacial score (nSPS) is 20.9. The summed E-state index contributed by atoms with van der Waals surface area (Å²) in [5.74, 6) is -0.364. The molecule has 0 saturated heterocycles. The van der Waals surface area contributed by atoms with Gasteiger partial charge in [0.2, 0.25) is 0 Å². The van der Waals surface area contributed by atoms with Gasteiger partial charge in [0.05, 0.1) is 0 Å². The van der Waals surface area contributed by atoms with Crippen molar-refractivity contribution in [2.45, 2.75) is 33.7 Å². The summed E-state index contributed by atoms with van der Waals surface area (Å²) in [7, 11) is 0. The number of nitrogens with one attached hydrogen (secondary N) is 1. The van der Waals surface area contributed by atoms with Gasteiger partial charge in [-0.05, 0) is 23.0 Å². The molecule has 2 rings (SSSR count). The molecule has 0 bridgehead atoms. The third kappa shape index (κ3) is 1.77. The molecule has 17 heavy (non-hydrogen) atoms. The number of hydrogen-bond donors (Lipinski definition) is 2. The summed E-state index contributed by atoms with van der Waals surface area (Å²) in [6.07, 6.45) is 0. The van der Waals surface area contributed by atoms with Crippen LogP contribution in [0.1, 0.15) is 38.2 Å². The molecule has 0 aromatic carbocycles. The van der Waals surface area contributed by atoms with Crippen LogP contribution in [-0.4, -0.2) is 22.1 Å². The highest BCUT2D eigenvalue weighted by Gasteiger charge is 2.65. The first-order valence-electron chi connectivity index (χ1n) is 5.73. The minimum atomic E-state index is -0.997. The predicted octanol–water partition coefficient (Wildman–Crippen LogP) is 2.63. The van der Waals surface area contributed by atoms with Gasteiger partial charge in [-0.3, -0.25) is 0 Å².